The van der Waals surface area contributed by atoms with E-state index in [1.807, 2.05) is 13.8 Å². The smallest absolute Gasteiger partial charge is 0.222 e. The lowest BCUT2D eigenvalue weighted by molar-refractivity contribution is -0.227. The maximum Gasteiger partial charge on any atom is 0.222 e. The van der Waals surface area contributed by atoms with Gasteiger partial charge in [-0.15, -0.1) is 0 Å². The Bertz CT molecular complexity index is 306. The molecule has 0 aromatic heterocycles. The molecule has 98 valence electrons. The predicted molar refractivity (Wildman–Crippen MR) is 58.2 cm³/mol. The zero-order chi connectivity index (χ0) is 12.6. The minimum absolute atomic E-state index is 0.0844. The molecule has 0 aliphatic carbocycles. The molecule has 0 spiro atoms. The highest BCUT2D eigenvalue weighted by molar-refractivity contribution is 5.76. The van der Waals surface area contributed by atoms with Crippen LogP contribution in [0.5, 0.6) is 0 Å². The van der Waals surface area contributed by atoms with Crippen LogP contribution in [0.15, 0.2) is 0 Å². The average molecular weight is 245 g/mol. The van der Waals surface area contributed by atoms with Gasteiger partial charge < -0.3 is 24.3 Å². The molecular weight excluding hydrogens is 226 g/mol. The molecule has 0 saturated carbocycles. The summed E-state index contributed by atoms with van der Waals surface area (Å²) in [4.78, 5) is 11.4. The molecule has 2 fully saturated rings. The van der Waals surface area contributed by atoms with E-state index in [1.54, 1.807) is 14.2 Å². The Morgan fingerprint density at radius 1 is 1.35 bits per heavy atom. The van der Waals surface area contributed by atoms with Crippen LogP contribution in [0.3, 0.4) is 0 Å². The van der Waals surface area contributed by atoms with Crippen LogP contribution in [0.25, 0.3) is 0 Å². The van der Waals surface area contributed by atoms with Crippen molar-refractivity contribution in [3.63, 3.8) is 0 Å². The maximum atomic E-state index is 11.4. The van der Waals surface area contributed by atoms with Crippen molar-refractivity contribution in [1.29, 1.82) is 0 Å². The van der Waals surface area contributed by atoms with E-state index in [2.05, 4.69) is 5.32 Å². The third-order valence-electron chi connectivity index (χ3n) is 3.00. The third kappa shape index (κ3) is 2.44. The van der Waals surface area contributed by atoms with Gasteiger partial charge in [0.15, 0.2) is 12.1 Å². The van der Waals surface area contributed by atoms with Gasteiger partial charge in [-0.2, -0.15) is 0 Å². The number of carbonyl (C=O) groups excluding carboxylic acids is 1. The Morgan fingerprint density at radius 3 is 2.59 bits per heavy atom. The molecule has 1 unspecified atom stereocenters. The lowest BCUT2D eigenvalue weighted by atomic mass is 10.1. The van der Waals surface area contributed by atoms with Crippen LogP contribution < -0.4 is 5.32 Å². The number of methoxy groups -OCH3 is 1. The summed E-state index contributed by atoms with van der Waals surface area (Å²) in [5.74, 6) is -0.740. The van der Waals surface area contributed by atoms with Crippen LogP contribution in [0.2, 0.25) is 0 Å². The monoisotopic (exact) mass is 245 g/mol. The standard InChI is InChI=1S/C11H19NO5/c1-11(2)16-8-6(5-7(13)12-3)15-10(14-4)9(8)17-11/h6,8-10H,5H2,1-4H3,(H,12,13)/t6-,8-,9-,10?/m1/s1. The number of hydrogen-bond donors (Lipinski definition) is 1. The number of amides is 1. The molecule has 6 heteroatoms. The molecule has 0 radical (unpaired) electrons. The normalized spacial score (nSPS) is 39.1. The third-order valence-corrected chi connectivity index (χ3v) is 3.00. The number of nitrogens with one attached hydrogen (secondary N) is 1. The summed E-state index contributed by atoms with van der Waals surface area (Å²) in [6.07, 6.45) is -1.09. The SMILES string of the molecule is CNC(=O)C[C@H]1OC(OC)[C@@H]2OC(C)(C)O[C@H]12. The summed E-state index contributed by atoms with van der Waals surface area (Å²) in [6.45, 7) is 3.68. The minimum Gasteiger partial charge on any atom is -0.359 e. The van der Waals surface area contributed by atoms with Crippen LogP contribution in [0.1, 0.15) is 20.3 Å². The van der Waals surface area contributed by atoms with Crippen molar-refractivity contribution < 1.29 is 23.7 Å². The highest BCUT2D eigenvalue weighted by Gasteiger charge is 2.55. The number of hydrogen-bond acceptors (Lipinski definition) is 5. The number of carbonyl (C=O) groups is 1. The molecule has 2 aliphatic heterocycles. The van der Waals surface area contributed by atoms with Crippen molar-refractivity contribution in [2.24, 2.45) is 0 Å². The van der Waals surface area contributed by atoms with Gasteiger partial charge in [-0.05, 0) is 13.8 Å². The summed E-state index contributed by atoms with van der Waals surface area (Å²) in [5, 5.41) is 2.57. The summed E-state index contributed by atoms with van der Waals surface area (Å²) in [7, 11) is 3.15. The van der Waals surface area contributed by atoms with Crippen LogP contribution in [-0.2, 0) is 23.7 Å². The number of fused-ring (bicyclic) bond motifs is 1. The summed E-state index contributed by atoms with van der Waals surface area (Å²) in [5.41, 5.74) is 0. The van der Waals surface area contributed by atoms with E-state index in [0.717, 1.165) is 0 Å². The van der Waals surface area contributed by atoms with Crippen LogP contribution in [0, 0.1) is 0 Å². The first kappa shape index (κ1) is 12.8. The lowest BCUT2D eigenvalue weighted by Gasteiger charge is -2.23. The van der Waals surface area contributed by atoms with E-state index in [-0.39, 0.29) is 30.6 Å². The van der Waals surface area contributed by atoms with E-state index in [0.29, 0.717) is 0 Å². The molecule has 2 aliphatic rings. The Hall–Kier alpha value is -0.690. The first-order valence-electron chi connectivity index (χ1n) is 5.71. The van der Waals surface area contributed by atoms with Gasteiger partial charge in [0.2, 0.25) is 5.91 Å². The van der Waals surface area contributed by atoms with E-state index >= 15 is 0 Å². The molecule has 1 N–H and O–H groups in total. The van der Waals surface area contributed by atoms with Gasteiger partial charge >= 0.3 is 0 Å². The van der Waals surface area contributed by atoms with Gasteiger partial charge in [-0.3, -0.25) is 4.79 Å². The van der Waals surface area contributed by atoms with Crippen molar-refractivity contribution in [2.45, 2.75) is 50.7 Å². The Labute approximate surface area is 101 Å². The summed E-state index contributed by atoms with van der Waals surface area (Å²) in [6, 6.07) is 0. The second kappa shape index (κ2) is 4.53. The van der Waals surface area contributed by atoms with Crippen molar-refractivity contribution >= 4 is 5.91 Å². The summed E-state index contributed by atoms with van der Waals surface area (Å²) < 4.78 is 22.3. The first-order chi connectivity index (χ1) is 7.96. The molecule has 6 nitrogen and oxygen atoms in total. The van der Waals surface area contributed by atoms with Crippen molar-refractivity contribution in [3.05, 3.63) is 0 Å². The lowest BCUT2D eigenvalue weighted by Crippen LogP contribution is -2.34. The molecule has 2 rings (SSSR count). The van der Waals surface area contributed by atoms with Crippen LogP contribution >= 0.6 is 0 Å². The fraction of sp³-hybridized carbons (Fsp3) is 0.909. The Morgan fingerprint density at radius 2 is 2.00 bits per heavy atom. The van der Waals surface area contributed by atoms with E-state index in [9.17, 15) is 4.79 Å². The number of ether oxygens (including phenoxy) is 4. The van der Waals surface area contributed by atoms with Gasteiger partial charge in [-0.1, -0.05) is 0 Å². The first-order valence-corrected chi connectivity index (χ1v) is 5.71. The Kier molecular flexibility index (Phi) is 3.40. The van der Waals surface area contributed by atoms with Gasteiger partial charge in [-0.25, -0.2) is 0 Å². The predicted octanol–water partition coefficient (Wildman–Crippen LogP) is 0.0139. The van der Waals surface area contributed by atoms with Crippen LogP contribution in [0.4, 0.5) is 0 Å². The van der Waals surface area contributed by atoms with Gasteiger partial charge in [0.1, 0.15) is 12.2 Å². The molecule has 1 amide bonds. The molecule has 0 bridgehead atoms. The molecule has 2 saturated heterocycles. The fourth-order valence-corrected chi connectivity index (χ4v) is 2.28. The molecule has 0 aromatic rings. The van der Waals surface area contributed by atoms with Crippen molar-refractivity contribution in [2.75, 3.05) is 14.2 Å². The average Bonchev–Trinajstić information content (AvgIpc) is 2.73. The summed E-state index contributed by atoms with van der Waals surface area (Å²) >= 11 is 0. The zero-order valence-corrected chi connectivity index (χ0v) is 10.6. The van der Waals surface area contributed by atoms with Gasteiger partial charge in [0.05, 0.1) is 12.5 Å². The van der Waals surface area contributed by atoms with Crippen molar-refractivity contribution in [3.8, 4) is 0 Å². The fourth-order valence-electron chi connectivity index (χ4n) is 2.28. The maximum absolute atomic E-state index is 11.4. The largest absolute Gasteiger partial charge is 0.359 e. The quantitative estimate of drug-likeness (QED) is 0.759. The zero-order valence-electron chi connectivity index (χ0n) is 10.6. The van der Waals surface area contributed by atoms with Crippen LogP contribution in [-0.4, -0.2) is 50.5 Å². The molecule has 2 heterocycles. The Balaban J connectivity index is 2.07. The van der Waals surface area contributed by atoms with Gasteiger partial charge in [0, 0.05) is 14.2 Å². The number of rotatable bonds is 3. The van der Waals surface area contributed by atoms with E-state index < -0.39 is 12.1 Å². The molecular formula is C11H19NO5. The molecule has 4 atom stereocenters. The second-order valence-electron chi connectivity index (χ2n) is 4.72. The second-order valence-corrected chi connectivity index (χ2v) is 4.72. The molecule has 17 heavy (non-hydrogen) atoms. The van der Waals surface area contributed by atoms with E-state index in [1.165, 1.54) is 0 Å². The molecule has 0 aromatic carbocycles. The highest BCUT2D eigenvalue weighted by Crippen LogP contribution is 2.39. The topological polar surface area (TPSA) is 66.0 Å². The highest BCUT2D eigenvalue weighted by atomic mass is 16.8. The minimum atomic E-state index is -0.656. The van der Waals surface area contributed by atoms with Gasteiger partial charge in [0.25, 0.3) is 0 Å². The van der Waals surface area contributed by atoms with Crippen molar-refractivity contribution in [1.82, 2.24) is 5.32 Å². The van der Waals surface area contributed by atoms with E-state index in [4.69, 9.17) is 18.9 Å².